The molecular weight excluding hydrogens is 401 g/mol. The summed E-state index contributed by atoms with van der Waals surface area (Å²) in [5.74, 6) is -1.16. The van der Waals surface area contributed by atoms with Crippen molar-refractivity contribution in [2.24, 2.45) is 0 Å². The molecule has 3 aromatic rings. The van der Waals surface area contributed by atoms with Gasteiger partial charge in [0.1, 0.15) is 11.6 Å². The van der Waals surface area contributed by atoms with Crippen molar-refractivity contribution in [1.29, 1.82) is 5.26 Å². The smallest absolute Gasteiger partial charge is 0.271 e. The molecule has 0 radical (unpaired) electrons. The standard InChI is InChI=1S/C20H13Cl2N3O3/c1-11-15(8-23)19(27)25(10-12-3-2-6-24-9-12)20(28)17(11)18(26)14-5-4-13(21)7-16(14)22/h2-7,9,28H,10H2,1H3. The van der Waals surface area contributed by atoms with E-state index in [0.717, 1.165) is 4.57 Å². The molecule has 28 heavy (non-hydrogen) atoms. The first-order valence-corrected chi connectivity index (χ1v) is 8.85. The minimum absolute atomic E-state index is 0.0535. The minimum atomic E-state index is -0.694. The Morgan fingerprint density at radius 2 is 2.07 bits per heavy atom. The molecule has 0 saturated carbocycles. The van der Waals surface area contributed by atoms with E-state index in [1.807, 2.05) is 6.07 Å². The van der Waals surface area contributed by atoms with Crippen molar-refractivity contribution in [3.05, 3.63) is 90.9 Å². The molecule has 0 spiro atoms. The zero-order valence-corrected chi connectivity index (χ0v) is 16.1. The summed E-state index contributed by atoms with van der Waals surface area (Å²) in [7, 11) is 0. The lowest BCUT2D eigenvalue weighted by Crippen LogP contribution is -2.27. The highest BCUT2D eigenvalue weighted by Gasteiger charge is 2.26. The van der Waals surface area contributed by atoms with Crippen LogP contribution >= 0.6 is 23.2 Å². The van der Waals surface area contributed by atoms with Crippen molar-refractivity contribution in [3.63, 3.8) is 0 Å². The molecule has 8 heteroatoms. The van der Waals surface area contributed by atoms with Crippen LogP contribution in [0.4, 0.5) is 0 Å². The van der Waals surface area contributed by atoms with Gasteiger partial charge < -0.3 is 5.11 Å². The number of aromatic nitrogens is 2. The van der Waals surface area contributed by atoms with Crippen molar-refractivity contribution in [3.8, 4) is 11.9 Å². The molecule has 0 bridgehead atoms. The Hall–Kier alpha value is -3.14. The number of nitrogens with zero attached hydrogens (tertiary/aromatic N) is 3. The SMILES string of the molecule is Cc1c(C(=O)c2ccc(Cl)cc2Cl)c(O)n(Cc2cccnc2)c(=O)c1C#N. The molecule has 1 aromatic carbocycles. The van der Waals surface area contributed by atoms with Crippen LogP contribution in [0.1, 0.15) is 32.6 Å². The summed E-state index contributed by atoms with van der Waals surface area (Å²) >= 11 is 12.0. The number of carbonyl (C=O) groups excluding carboxylic acids is 1. The number of benzene rings is 1. The molecule has 0 aliphatic carbocycles. The number of hydrogen-bond acceptors (Lipinski definition) is 5. The second kappa shape index (κ2) is 7.85. The molecule has 0 aliphatic heterocycles. The van der Waals surface area contributed by atoms with E-state index in [1.165, 1.54) is 31.3 Å². The van der Waals surface area contributed by atoms with Crippen LogP contribution < -0.4 is 5.56 Å². The minimum Gasteiger partial charge on any atom is -0.494 e. The van der Waals surface area contributed by atoms with Gasteiger partial charge in [0.25, 0.3) is 5.56 Å². The van der Waals surface area contributed by atoms with Crippen LogP contribution in [0.2, 0.25) is 10.0 Å². The fraction of sp³-hybridized carbons (Fsp3) is 0.100. The summed E-state index contributed by atoms with van der Waals surface area (Å²) in [6.07, 6.45) is 3.09. The van der Waals surface area contributed by atoms with Crippen LogP contribution in [0.3, 0.4) is 0 Å². The summed E-state index contributed by atoms with van der Waals surface area (Å²) in [5, 5.41) is 20.6. The number of halogens is 2. The Morgan fingerprint density at radius 3 is 2.68 bits per heavy atom. The fourth-order valence-electron chi connectivity index (χ4n) is 2.85. The maximum atomic E-state index is 13.1. The number of pyridine rings is 2. The Bertz CT molecular complexity index is 1180. The van der Waals surface area contributed by atoms with E-state index >= 15 is 0 Å². The molecular formula is C20H13Cl2N3O3. The predicted octanol–water partition coefficient (Wildman–Crippen LogP) is 3.72. The van der Waals surface area contributed by atoms with Gasteiger partial charge in [-0.05, 0) is 42.3 Å². The van der Waals surface area contributed by atoms with Crippen molar-refractivity contribution in [2.45, 2.75) is 13.5 Å². The van der Waals surface area contributed by atoms with Crippen LogP contribution in [-0.2, 0) is 6.54 Å². The van der Waals surface area contributed by atoms with Gasteiger partial charge in [-0.2, -0.15) is 5.26 Å². The Morgan fingerprint density at radius 1 is 1.32 bits per heavy atom. The summed E-state index contributed by atoms with van der Waals surface area (Å²) in [4.78, 5) is 29.7. The maximum absolute atomic E-state index is 13.1. The number of hydrogen-bond donors (Lipinski definition) is 1. The van der Waals surface area contributed by atoms with E-state index in [-0.39, 0.29) is 33.8 Å². The third-order valence-electron chi connectivity index (χ3n) is 4.27. The van der Waals surface area contributed by atoms with Crippen molar-refractivity contribution < 1.29 is 9.90 Å². The monoisotopic (exact) mass is 413 g/mol. The Labute approximate surface area is 170 Å². The van der Waals surface area contributed by atoms with Gasteiger partial charge in [-0.1, -0.05) is 29.3 Å². The van der Waals surface area contributed by atoms with Gasteiger partial charge in [-0.3, -0.25) is 19.1 Å². The molecule has 2 aromatic heterocycles. The molecule has 0 aliphatic rings. The maximum Gasteiger partial charge on any atom is 0.271 e. The van der Waals surface area contributed by atoms with Crippen LogP contribution in [0.25, 0.3) is 0 Å². The summed E-state index contributed by atoms with van der Waals surface area (Å²) in [5.41, 5.74) is -0.279. The normalized spacial score (nSPS) is 10.5. The summed E-state index contributed by atoms with van der Waals surface area (Å²) < 4.78 is 0.972. The first-order chi connectivity index (χ1) is 13.3. The zero-order valence-electron chi connectivity index (χ0n) is 14.6. The first-order valence-electron chi connectivity index (χ1n) is 8.10. The molecule has 6 nitrogen and oxygen atoms in total. The number of aromatic hydroxyl groups is 1. The molecule has 1 N–H and O–H groups in total. The molecule has 0 saturated heterocycles. The second-order valence-electron chi connectivity index (χ2n) is 6.02. The van der Waals surface area contributed by atoms with Crippen molar-refractivity contribution >= 4 is 29.0 Å². The van der Waals surface area contributed by atoms with Crippen molar-refractivity contribution in [1.82, 2.24) is 9.55 Å². The highest BCUT2D eigenvalue weighted by atomic mass is 35.5. The van der Waals surface area contributed by atoms with Crippen LogP contribution in [0.5, 0.6) is 5.88 Å². The second-order valence-corrected chi connectivity index (χ2v) is 6.86. The predicted molar refractivity (Wildman–Crippen MR) is 105 cm³/mol. The van der Waals surface area contributed by atoms with E-state index in [4.69, 9.17) is 23.2 Å². The Kier molecular flexibility index (Phi) is 5.50. The van der Waals surface area contributed by atoms with E-state index in [9.17, 15) is 20.0 Å². The molecule has 0 atom stereocenters. The lowest BCUT2D eigenvalue weighted by atomic mass is 9.97. The third kappa shape index (κ3) is 3.50. The van der Waals surface area contributed by atoms with Gasteiger partial charge >= 0.3 is 0 Å². The van der Waals surface area contributed by atoms with E-state index in [0.29, 0.717) is 10.6 Å². The topological polar surface area (TPSA) is 96.0 Å². The lowest BCUT2D eigenvalue weighted by molar-refractivity contribution is 0.103. The van der Waals surface area contributed by atoms with E-state index in [1.54, 1.807) is 18.3 Å². The van der Waals surface area contributed by atoms with E-state index < -0.39 is 17.2 Å². The molecule has 2 heterocycles. The highest BCUT2D eigenvalue weighted by Crippen LogP contribution is 2.29. The average molecular weight is 414 g/mol. The van der Waals surface area contributed by atoms with Gasteiger partial charge in [0.2, 0.25) is 5.88 Å². The third-order valence-corrected chi connectivity index (χ3v) is 4.81. The number of carbonyl (C=O) groups is 1. The number of nitriles is 1. The van der Waals surface area contributed by atoms with Gasteiger partial charge in [0.15, 0.2) is 5.78 Å². The highest BCUT2D eigenvalue weighted by molar-refractivity contribution is 6.37. The quantitative estimate of drug-likeness (QED) is 0.657. The fourth-order valence-corrected chi connectivity index (χ4v) is 3.35. The van der Waals surface area contributed by atoms with Crippen LogP contribution in [-0.4, -0.2) is 20.4 Å². The molecule has 3 rings (SSSR count). The lowest BCUT2D eigenvalue weighted by Gasteiger charge is -2.16. The first kappa shape index (κ1) is 19.6. The molecule has 0 fully saturated rings. The van der Waals surface area contributed by atoms with Crippen LogP contribution in [0.15, 0.2) is 47.5 Å². The van der Waals surface area contributed by atoms with Crippen LogP contribution in [0, 0.1) is 18.3 Å². The van der Waals surface area contributed by atoms with Crippen molar-refractivity contribution in [2.75, 3.05) is 0 Å². The molecule has 0 unspecified atom stereocenters. The number of ketones is 1. The van der Waals surface area contributed by atoms with Gasteiger partial charge in [0, 0.05) is 23.0 Å². The summed E-state index contributed by atoms with van der Waals surface area (Å²) in [6.45, 7) is 1.38. The Balaban J connectivity index is 2.24. The number of rotatable bonds is 4. The van der Waals surface area contributed by atoms with Gasteiger partial charge in [-0.25, -0.2) is 0 Å². The summed E-state index contributed by atoms with van der Waals surface area (Å²) in [6, 6.07) is 9.53. The van der Waals surface area contributed by atoms with Gasteiger partial charge in [-0.15, -0.1) is 0 Å². The average Bonchev–Trinajstić information content (AvgIpc) is 2.66. The molecule has 140 valence electrons. The zero-order chi connectivity index (χ0) is 20.4. The van der Waals surface area contributed by atoms with E-state index in [2.05, 4.69) is 4.98 Å². The largest absolute Gasteiger partial charge is 0.494 e. The van der Waals surface area contributed by atoms with Gasteiger partial charge in [0.05, 0.1) is 17.1 Å². The molecule has 0 amide bonds.